The highest BCUT2D eigenvalue weighted by Crippen LogP contribution is 2.30. The van der Waals surface area contributed by atoms with Crippen LogP contribution in [0.4, 0.5) is 11.4 Å². The molecule has 0 saturated carbocycles. The van der Waals surface area contributed by atoms with Crippen molar-refractivity contribution in [1.29, 1.82) is 5.26 Å². The Kier molecular flexibility index (Phi) is 4.01. The summed E-state index contributed by atoms with van der Waals surface area (Å²) in [5, 5.41) is 25.5. The average molecular weight is 309 g/mol. The monoisotopic (exact) mass is 309 g/mol. The molecule has 1 aromatic carbocycles. The third-order valence-corrected chi connectivity index (χ3v) is 3.67. The molecule has 0 radical (unpaired) electrons. The summed E-state index contributed by atoms with van der Waals surface area (Å²) in [7, 11) is 0. The van der Waals surface area contributed by atoms with Crippen molar-refractivity contribution in [1.82, 2.24) is 20.6 Å². The second-order valence-corrected chi connectivity index (χ2v) is 5.17. The Bertz CT molecular complexity index is 789. The molecule has 0 saturated heterocycles. The second-order valence-electron chi connectivity index (χ2n) is 5.17. The number of nitrogens with zero attached hydrogens (tertiary/aromatic N) is 5. The Hall–Kier alpha value is -3.21. The lowest BCUT2D eigenvalue weighted by Gasteiger charge is -2.29. The molecular weight excluding hydrogens is 294 g/mol. The summed E-state index contributed by atoms with van der Waals surface area (Å²) in [6.45, 7) is 2.30. The van der Waals surface area contributed by atoms with E-state index in [1.165, 1.54) is 6.20 Å². The van der Waals surface area contributed by atoms with Crippen molar-refractivity contribution in [3.8, 4) is 6.07 Å². The van der Waals surface area contributed by atoms with Gasteiger partial charge in [-0.25, -0.2) is 0 Å². The van der Waals surface area contributed by atoms with Gasteiger partial charge in [0.1, 0.15) is 11.6 Å². The molecule has 2 N–H and O–H groups in total. The number of carbonyl (C=O) groups excluding carboxylic acids is 1. The van der Waals surface area contributed by atoms with Gasteiger partial charge in [0, 0.05) is 31.0 Å². The van der Waals surface area contributed by atoms with Gasteiger partial charge in [-0.1, -0.05) is 6.07 Å². The van der Waals surface area contributed by atoms with Crippen molar-refractivity contribution in [2.45, 2.75) is 19.8 Å². The molecule has 3 rings (SSSR count). The number of allylic oxidation sites excluding steroid dienone is 1. The maximum Gasteiger partial charge on any atom is 0.223 e. The Balaban J connectivity index is 1.86. The van der Waals surface area contributed by atoms with E-state index in [1.807, 2.05) is 24.3 Å². The molecule has 1 amide bonds. The first-order chi connectivity index (χ1) is 11.2. The minimum atomic E-state index is 0.0307. The first kappa shape index (κ1) is 14.7. The van der Waals surface area contributed by atoms with Crippen LogP contribution in [-0.2, 0) is 11.2 Å². The molecule has 8 nitrogen and oxygen atoms in total. The van der Waals surface area contributed by atoms with Gasteiger partial charge in [0.05, 0.1) is 0 Å². The number of nitriles is 1. The number of aryl methyl sites for hydroxylation is 1. The molecule has 0 unspecified atom stereocenters. The van der Waals surface area contributed by atoms with E-state index in [9.17, 15) is 4.79 Å². The maximum absolute atomic E-state index is 11.8. The molecule has 2 heterocycles. The van der Waals surface area contributed by atoms with Crippen LogP contribution in [0.3, 0.4) is 0 Å². The maximum atomic E-state index is 11.8. The van der Waals surface area contributed by atoms with E-state index in [4.69, 9.17) is 5.26 Å². The van der Waals surface area contributed by atoms with Crippen LogP contribution < -0.4 is 10.2 Å². The van der Waals surface area contributed by atoms with Gasteiger partial charge in [0.15, 0.2) is 0 Å². The predicted molar refractivity (Wildman–Crippen MR) is 84.2 cm³/mol. The standard InChI is InChI=1S/C15H15N7O/c1-10(23)22-6-2-3-11-4-5-13(7-14(11)22)17-9-12(8-16)15-18-20-21-19-15/h4-5,7,9,17H,2-3,6H2,1H3,(H,18,19,20,21). The Morgan fingerprint density at radius 1 is 1.52 bits per heavy atom. The van der Waals surface area contributed by atoms with Gasteiger partial charge in [0.2, 0.25) is 11.7 Å². The Labute approximate surface area is 132 Å². The first-order valence-electron chi connectivity index (χ1n) is 7.20. The number of aromatic nitrogens is 4. The molecule has 116 valence electrons. The Morgan fingerprint density at radius 2 is 2.39 bits per heavy atom. The molecule has 0 bridgehead atoms. The molecule has 1 aromatic heterocycles. The van der Waals surface area contributed by atoms with Gasteiger partial charge < -0.3 is 10.2 Å². The highest BCUT2D eigenvalue weighted by Gasteiger charge is 2.20. The van der Waals surface area contributed by atoms with E-state index in [0.29, 0.717) is 0 Å². The molecule has 0 aliphatic carbocycles. The topological polar surface area (TPSA) is 111 Å². The van der Waals surface area contributed by atoms with Crippen LogP contribution in [0.15, 0.2) is 24.4 Å². The van der Waals surface area contributed by atoms with E-state index in [1.54, 1.807) is 11.8 Å². The quantitative estimate of drug-likeness (QED) is 0.831. The number of carbonyl (C=O) groups is 1. The van der Waals surface area contributed by atoms with Crippen molar-refractivity contribution in [2.24, 2.45) is 0 Å². The van der Waals surface area contributed by atoms with Crippen LogP contribution in [0.25, 0.3) is 5.57 Å². The minimum Gasteiger partial charge on any atom is -0.360 e. The van der Waals surface area contributed by atoms with Gasteiger partial charge in [-0.3, -0.25) is 4.79 Å². The number of anilines is 2. The predicted octanol–water partition coefficient (Wildman–Crippen LogP) is 1.48. The van der Waals surface area contributed by atoms with Gasteiger partial charge in [0.25, 0.3) is 0 Å². The fraction of sp³-hybridized carbons (Fsp3) is 0.267. The van der Waals surface area contributed by atoms with Gasteiger partial charge in [-0.2, -0.15) is 10.5 Å². The molecule has 1 aliphatic rings. The summed E-state index contributed by atoms with van der Waals surface area (Å²) in [6, 6.07) is 7.85. The number of rotatable bonds is 3. The molecule has 23 heavy (non-hydrogen) atoms. The number of H-pyrrole nitrogens is 1. The Morgan fingerprint density at radius 3 is 3.09 bits per heavy atom. The second kappa shape index (κ2) is 6.27. The lowest BCUT2D eigenvalue weighted by molar-refractivity contribution is -0.116. The van der Waals surface area contributed by atoms with Gasteiger partial charge in [-0.15, -0.1) is 10.2 Å². The van der Waals surface area contributed by atoms with E-state index < -0.39 is 0 Å². The van der Waals surface area contributed by atoms with Gasteiger partial charge in [-0.05, 0) is 35.8 Å². The zero-order valence-electron chi connectivity index (χ0n) is 12.6. The van der Waals surface area contributed by atoms with E-state index in [2.05, 4.69) is 25.9 Å². The zero-order chi connectivity index (χ0) is 16.2. The number of tetrazole rings is 1. The summed E-state index contributed by atoms with van der Waals surface area (Å²) < 4.78 is 0. The van der Waals surface area contributed by atoms with E-state index >= 15 is 0 Å². The minimum absolute atomic E-state index is 0.0307. The highest BCUT2D eigenvalue weighted by molar-refractivity contribution is 5.93. The number of benzene rings is 1. The van der Waals surface area contributed by atoms with Crippen LogP contribution in [0.2, 0.25) is 0 Å². The smallest absolute Gasteiger partial charge is 0.223 e. The number of aromatic amines is 1. The van der Waals surface area contributed by atoms with Crippen molar-refractivity contribution >= 4 is 22.9 Å². The third kappa shape index (κ3) is 3.03. The third-order valence-electron chi connectivity index (χ3n) is 3.67. The molecule has 8 heteroatoms. The molecule has 0 fully saturated rings. The number of nitrogens with one attached hydrogen (secondary N) is 2. The number of hydrogen-bond acceptors (Lipinski definition) is 6. The highest BCUT2D eigenvalue weighted by atomic mass is 16.2. The van der Waals surface area contributed by atoms with Crippen molar-refractivity contribution in [3.05, 3.63) is 35.8 Å². The van der Waals surface area contributed by atoms with Crippen molar-refractivity contribution in [3.63, 3.8) is 0 Å². The fourth-order valence-electron chi connectivity index (χ4n) is 2.57. The van der Waals surface area contributed by atoms with E-state index in [0.717, 1.165) is 36.3 Å². The largest absolute Gasteiger partial charge is 0.360 e. The lowest BCUT2D eigenvalue weighted by Crippen LogP contribution is -2.33. The molecular formula is C15H15N7O. The molecule has 0 spiro atoms. The van der Waals surface area contributed by atoms with Crippen LogP contribution in [0, 0.1) is 11.3 Å². The zero-order valence-corrected chi connectivity index (χ0v) is 12.6. The average Bonchev–Trinajstić information content (AvgIpc) is 3.09. The van der Waals surface area contributed by atoms with Gasteiger partial charge >= 0.3 is 0 Å². The number of amides is 1. The number of hydrogen-bond donors (Lipinski definition) is 2. The summed E-state index contributed by atoms with van der Waals surface area (Å²) in [6.07, 6.45) is 3.45. The van der Waals surface area contributed by atoms with Crippen LogP contribution in [0.5, 0.6) is 0 Å². The van der Waals surface area contributed by atoms with Crippen molar-refractivity contribution < 1.29 is 4.79 Å². The van der Waals surface area contributed by atoms with Crippen LogP contribution in [0.1, 0.15) is 24.7 Å². The SMILES string of the molecule is CC(=O)N1CCCc2ccc(NC=C(C#N)c3nn[nH]n3)cc21. The molecule has 0 atom stereocenters. The fourth-order valence-corrected chi connectivity index (χ4v) is 2.57. The summed E-state index contributed by atoms with van der Waals surface area (Å²) in [5.74, 6) is 0.256. The molecule has 1 aliphatic heterocycles. The first-order valence-corrected chi connectivity index (χ1v) is 7.20. The normalized spacial score (nSPS) is 14.1. The molecule has 2 aromatic rings. The van der Waals surface area contributed by atoms with Crippen molar-refractivity contribution in [2.75, 3.05) is 16.8 Å². The number of fused-ring (bicyclic) bond motifs is 1. The summed E-state index contributed by atoms with van der Waals surface area (Å²) in [5.41, 5.74) is 3.12. The summed E-state index contributed by atoms with van der Waals surface area (Å²) in [4.78, 5) is 13.5. The lowest BCUT2D eigenvalue weighted by atomic mass is 10.0. The van der Waals surface area contributed by atoms with Crippen LogP contribution in [-0.4, -0.2) is 33.1 Å². The van der Waals surface area contributed by atoms with E-state index in [-0.39, 0.29) is 17.3 Å². The summed E-state index contributed by atoms with van der Waals surface area (Å²) >= 11 is 0. The van der Waals surface area contributed by atoms with Crippen LogP contribution >= 0.6 is 0 Å².